The molecule has 0 aliphatic heterocycles. The summed E-state index contributed by atoms with van der Waals surface area (Å²) in [5.41, 5.74) is 6.61. The maximum atomic E-state index is 12.7. The third kappa shape index (κ3) is 5.68. The van der Waals surface area contributed by atoms with E-state index >= 15 is 0 Å². The van der Waals surface area contributed by atoms with E-state index in [0.717, 1.165) is 18.5 Å². The predicted octanol–water partition coefficient (Wildman–Crippen LogP) is 3.32. The molecule has 1 amide bonds. The molecule has 1 atom stereocenters. The van der Waals surface area contributed by atoms with E-state index in [1.165, 1.54) is 37.4 Å². The van der Waals surface area contributed by atoms with E-state index in [1.807, 2.05) is 6.92 Å². The lowest BCUT2D eigenvalue weighted by molar-refractivity contribution is -0.122. The first-order valence-corrected chi connectivity index (χ1v) is 9.42. The van der Waals surface area contributed by atoms with E-state index in [9.17, 15) is 4.79 Å². The van der Waals surface area contributed by atoms with Gasteiger partial charge in [0.1, 0.15) is 5.82 Å². The fraction of sp³-hybridized carbons (Fsp3) is 0.706. The van der Waals surface area contributed by atoms with Gasteiger partial charge in [0.25, 0.3) is 0 Å². The monoisotopic (exact) mass is 336 g/mol. The summed E-state index contributed by atoms with van der Waals surface area (Å²) in [6.45, 7) is 6.01. The van der Waals surface area contributed by atoms with Crippen molar-refractivity contribution in [1.29, 1.82) is 0 Å². The van der Waals surface area contributed by atoms with E-state index in [0.29, 0.717) is 17.0 Å². The Hall–Kier alpha value is -1.30. The van der Waals surface area contributed by atoms with Crippen LogP contribution in [0.15, 0.2) is 11.2 Å². The Labute approximate surface area is 143 Å². The van der Waals surface area contributed by atoms with Crippen LogP contribution in [0.5, 0.6) is 0 Å². The fourth-order valence-electron chi connectivity index (χ4n) is 2.93. The number of hydrogen-bond donors (Lipinski definition) is 2. The molecule has 2 rings (SSSR count). The molecule has 1 aromatic rings. The lowest BCUT2D eigenvalue weighted by Crippen LogP contribution is -2.42. The lowest BCUT2D eigenvalue weighted by Gasteiger charge is -2.23. The Balaban J connectivity index is 2.03. The van der Waals surface area contributed by atoms with Crippen LogP contribution in [0.1, 0.15) is 58.1 Å². The van der Waals surface area contributed by atoms with Crippen LogP contribution in [0.4, 0.5) is 5.82 Å². The number of amides is 1. The number of hydrogen-bond acceptors (Lipinski definition) is 5. The van der Waals surface area contributed by atoms with Crippen molar-refractivity contribution in [1.82, 2.24) is 15.3 Å². The van der Waals surface area contributed by atoms with Gasteiger partial charge in [-0.05, 0) is 25.7 Å². The molecule has 0 unspecified atom stereocenters. The minimum atomic E-state index is -0.195. The van der Waals surface area contributed by atoms with Crippen LogP contribution in [-0.4, -0.2) is 27.2 Å². The van der Waals surface area contributed by atoms with Crippen LogP contribution in [0.2, 0.25) is 0 Å². The molecule has 3 N–H and O–H groups in total. The highest BCUT2D eigenvalue weighted by molar-refractivity contribution is 8.00. The van der Waals surface area contributed by atoms with Crippen molar-refractivity contribution in [2.45, 2.75) is 75.7 Å². The second kappa shape index (κ2) is 8.52. The van der Waals surface area contributed by atoms with E-state index in [-0.39, 0.29) is 17.1 Å². The maximum absolute atomic E-state index is 12.7. The largest absolute Gasteiger partial charge is 0.384 e. The van der Waals surface area contributed by atoms with Crippen molar-refractivity contribution in [3.05, 3.63) is 11.8 Å². The highest BCUT2D eigenvalue weighted by Gasteiger charge is 2.27. The van der Waals surface area contributed by atoms with Gasteiger partial charge in [0.15, 0.2) is 5.16 Å². The SMILES string of the molecule is Cc1cc(N)nc(S[C@@H](C(=O)NC2CCCCCC2)C(C)C)n1. The summed E-state index contributed by atoms with van der Waals surface area (Å²) < 4.78 is 0. The van der Waals surface area contributed by atoms with Crippen LogP contribution in [0.25, 0.3) is 0 Å². The quantitative estimate of drug-likeness (QED) is 0.490. The van der Waals surface area contributed by atoms with Crippen molar-refractivity contribution >= 4 is 23.5 Å². The van der Waals surface area contributed by atoms with Gasteiger partial charge in [0.2, 0.25) is 5.91 Å². The number of aromatic nitrogens is 2. The van der Waals surface area contributed by atoms with Crippen molar-refractivity contribution in [2.24, 2.45) is 5.92 Å². The number of carbonyl (C=O) groups excluding carboxylic acids is 1. The number of rotatable bonds is 5. The zero-order valence-corrected chi connectivity index (χ0v) is 15.2. The van der Waals surface area contributed by atoms with Gasteiger partial charge in [-0.3, -0.25) is 4.79 Å². The maximum Gasteiger partial charge on any atom is 0.234 e. The molecule has 0 aromatic carbocycles. The van der Waals surface area contributed by atoms with E-state index in [2.05, 4.69) is 29.1 Å². The van der Waals surface area contributed by atoms with Crippen molar-refractivity contribution in [3.63, 3.8) is 0 Å². The van der Waals surface area contributed by atoms with Gasteiger partial charge in [-0.2, -0.15) is 0 Å². The third-order valence-corrected chi connectivity index (χ3v) is 5.56. The predicted molar refractivity (Wildman–Crippen MR) is 95.3 cm³/mol. The van der Waals surface area contributed by atoms with Gasteiger partial charge in [0, 0.05) is 17.8 Å². The molecule has 6 heteroatoms. The Kier molecular flexibility index (Phi) is 6.69. The molecule has 1 aliphatic rings. The first-order valence-electron chi connectivity index (χ1n) is 8.54. The molecule has 0 saturated heterocycles. The summed E-state index contributed by atoms with van der Waals surface area (Å²) in [6, 6.07) is 2.05. The van der Waals surface area contributed by atoms with Crippen molar-refractivity contribution in [3.8, 4) is 0 Å². The number of anilines is 1. The van der Waals surface area contributed by atoms with Gasteiger partial charge < -0.3 is 11.1 Å². The molecule has 1 fully saturated rings. The number of nitrogens with zero attached hydrogens (tertiary/aromatic N) is 2. The number of nitrogens with one attached hydrogen (secondary N) is 1. The van der Waals surface area contributed by atoms with E-state index in [1.54, 1.807) is 6.07 Å². The molecule has 1 heterocycles. The number of aryl methyl sites for hydroxylation is 1. The highest BCUT2D eigenvalue weighted by atomic mass is 32.2. The molecule has 0 bridgehead atoms. The molecule has 0 spiro atoms. The minimum absolute atomic E-state index is 0.0978. The molecule has 5 nitrogen and oxygen atoms in total. The second-order valence-electron chi connectivity index (χ2n) is 6.70. The molecule has 1 aliphatic carbocycles. The van der Waals surface area contributed by atoms with Gasteiger partial charge in [-0.25, -0.2) is 9.97 Å². The highest BCUT2D eigenvalue weighted by Crippen LogP contribution is 2.27. The van der Waals surface area contributed by atoms with Crippen molar-refractivity contribution in [2.75, 3.05) is 5.73 Å². The molecule has 0 radical (unpaired) electrons. The Morgan fingerprint density at radius 2 is 1.91 bits per heavy atom. The first-order chi connectivity index (χ1) is 11.0. The lowest BCUT2D eigenvalue weighted by atomic mass is 10.1. The van der Waals surface area contributed by atoms with Gasteiger partial charge >= 0.3 is 0 Å². The fourth-order valence-corrected chi connectivity index (χ4v) is 3.96. The zero-order chi connectivity index (χ0) is 16.8. The molecular weight excluding hydrogens is 308 g/mol. The average molecular weight is 337 g/mol. The molecule has 23 heavy (non-hydrogen) atoms. The number of nitrogens with two attached hydrogens (primary N) is 1. The summed E-state index contributed by atoms with van der Waals surface area (Å²) in [6.07, 6.45) is 7.17. The smallest absolute Gasteiger partial charge is 0.234 e. The van der Waals surface area contributed by atoms with Gasteiger partial charge in [-0.15, -0.1) is 0 Å². The summed E-state index contributed by atoms with van der Waals surface area (Å²) in [5, 5.41) is 3.63. The molecule has 1 aromatic heterocycles. The average Bonchev–Trinajstić information content (AvgIpc) is 2.72. The Bertz CT molecular complexity index is 507. The Morgan fingerprint density at radius 1 is 1.26 bits per heavy atom. The van der Waals surface area contributed by atoms with E-state index in [4.69, 9.17) is 5.73 Å². The summed E-state index contributed by atoms with van der Waals surface area (Å²) in [5.74, 6) is 0.753. The molecule has 1 saturated carbocycles. The van der Waals surface area contributed by atoms with Crippen LogP contribution < -0.4 is 11.1 Å². The minimum Gasteiger partial charge on any atom is -0.384 e. The normalized spacial score (nSPS) is 17.7. The third-order valence-electron chi connectivity index (χ3n) is 4.15. The summed E-state index contributed by atoms with van der Waals surface area (Å²) >= 11 is 1.41. The van der Waals surface area contributed by atoms with Crippen LogP contribution in [0, 0.1) is 12.8 Å². The standard InChI is InChI=1S/C17H28N4OS/c1-11(2)15(23-17-19-12(3)10-14(18)21-17)16(22)20-13-8-6-4-5-7-9-13/h10-11,13,15H,4-9H2,1-3H3,(H,20,22)(H2,18,19,21)/t15-/m1/s1. The number of carbonyl (C=O) groups is 1. The summed E-state index contributed by atoms with van der Waals surface area (Å²) in [4.78, 5) is 21.4. The van der Waals surface area contributed by atoms with Crippen LogP contribution >= 0.6 is 11.8 Å². The van der Waals surface area contributed by atoms with Gasteiger partial charge in [0.05, 0.1) is 5.25 Å². The first kappa shape index (κ1) is 18.0. The number of nitrogen functional groups attached to an aromatic ring is 1. The summed E-state index contributed by atoms with van der Waals surface area (Å²) in [7, 11) is 0. The second-order valence-corrected chi connectivity index (χ2v) is 7.81. The van der Waals surface area contributed by atoms with Crippen LogP contribution in [0.3, 0.4) is 0 Å². The molecular formula is C17H28N4OS. The van der Waals surface area contributed by atoms with Crippen molar-refractivity contribution < 1.29 is 4.79 Å². The number of thioether (sulfide) groups is 1. The Morgan fingerprint density at radius 3 is 2.48 bits per heavy atom. The zero-order valence-electron chi connectivity index (χ0n) is 14.3. The van der Waals surface area contributed by atoms with Crippen LogP contribution in [-0.2, 0) is 4.79 Å². The van der Waals surface area contributed by atoms with Gasteiger partial charge in [-0.1, -0.05) is 51.3 Å². The van der Waals surface area contributed by atoms with E-state index < -0.39 is 0 Å². The topological polar surface area (TPSA) is 80.9 Å². The molecule has 128 valence electrons.